The molecule has 2 heterocycles. The number of carboxylic acids is 1. The molecule has 11 heteroatoms. The Kier molecular flexibility index (Phi) is 9.88. The van der Waals surface area contributed by atoms with Gasteiger partial charge >= 0.3 is 17.6 Å². The lowest BCUT2D eigenvalue weighted by atomic mass is 10.1. The Hall–Kier alpha value is -2.51. The van der Waals surface area contributed by atoms with Crippen LogP contribution in [0.2, 0.25) is 0 Å². The highest BCUT2D eigenvalue weighted by Crippen LogP contribution is 2.31. The maximum Gasteiger partial charge on any atom is 0.348 e. The van der Waals surface area contributed by atoms with Crippen LogP contribution in [-0.4, -0.2) is 38.9 Å². The smallest absolute Gasteiger partial charge is 0.348 e. The normalized spacial score (nSPS) is 12.4. The highest BCUT2D eigenvalue weighted by Gasteiger charge is 2.36. The van der Waals surface area contributed by atoms with Crippen molar-refractivity contribution in [3.05, 3.63) is 64.7 Å². The summed E-state index contributed by atoms with van der Waals surface area (Å²) in [6.45, 7) is 9.77. The topological polar surface area (TPSA) is 117 Å². The number of ether oxygens (including phenoxy) is 2. The molecule has 3 aromatic rings. The number of nitrogens with zero attached hydrogens (tertiary/aromatic N) is 2. The zero-order valence-electron chi connectivity index (χ0n) is 21.0. The van der Waals surface area contributed by atoms with Crippen molar-refractivity contribution < 1.29 is 24.2 Å². The van der Waals surface area contributed by atoms with Gasteiger partial charge < -0.3 is 14.6 Å². The minimum absolute atomic E-state index is 0. The number of fused-ring (bicyclic) bond motifs is 1. The molecule has 0 fully saturated rings. The van der Waals surface area contributed by atoms with Crippen molar-refractivity contribution in [1.29, 1.82) is 0 Å². The van der Waals surface area contributed by atoms with Crippen LogP contribution in [0.5, 0.6) is 0 Å². The Balaban J connectivity index is 0.00000481. The predicted octanol–water partition coefficient (Wildman–Crippen LogP) is 4.94. The first-order valence-corrected chi connectivity index (χ1v) is 13.3. The summed E-state index contributed by atoms with van der Waals surface area (Å²) in [7, 11) is 0. The average Bonchev–Trinajstić information content (AvgIpc) is 3.13. The quantitative estimate of drug-likeness (QED) is 0.259. The van der Waals surface area contributed by atoms with Gasteiger partial charge in [0.2, 0.25) is 0 Å². The summed E-state index contributed by atoms with van der Waals surface area (Å²) in [6.07, 6.45) is -0.753. The van der Waals surface area contributed by atoms with Crippen molar-refractivity contribution in [2.75, 3.05) is 6.61 Å². The largest absolute Gasteiger partial charge is 0.480 e. The van der Waals surface area contributed by atoms with Crippen LogP contribution >= 0.6 is 33.9 Å². The third kappa shape index (κ3) is 5.99. The number of halogens is 1. The minimum atomic E-state index is -1.83. The second kappa shape index (κ2) is 11.9. The van der Waals surface area contributed by atoms with Crippen LogP contribution in [0.4, 0.5) is 0 Å². The van der Waals surface area contributed by atoms with E-state index in [0.29, 0.717) is 5.56 Å². The van der Waals surface area contributed by atoms with Crippen LogP contribution in [0.25, 0.3) is 10.2 Å². The fraction of sp³-hybridized carbons (Fsp3) is 0.462. The zero-order chi connectivity index (χ0) is 26.9. The molecule has 3 rings (SSSR count). The van der Waals surface area contributed by atoms with Crippen LogP contribution in [0.15, 0.2) is 33.9 Å². The van der Waals surface area contributed by atoms with Gasteiger partial charge in [0.25, 0.3) is 5.56 Å². The number of benzene rings is 1. The van der Waals surface area contributed by atoms with E-state index in [1.54, 1.807) is 13.8 Å². The molecule has 1 atom stereocenters. The monoisotopic (exact) mass is 644 g/mol. The summed E-state index contributed by atoms with van der Waals surface area (Å²) in [5.74, 6) is -1.94. The van der Waals surface area contributed by atoms with E-state index in [2.05, 4.69) is 22.6 Å². The number of carbonyl (C=O) groups is 2. The molecule has 0 saturated carbocycles. The lowest BCUT2D eigenvalue weighted by molar-refractivity contribution is -0.146. The number of hydrogen-bond donors (Lipinski definition) is 1. The molecule has 1 aromatic carbocycles. The first kappa shape index (κ1) is 30.7. The van der Waals surface area contributed by atoms with Crippen LogP contribution in [0.3, 0.4) is 0 Å². The third-order valence-corrected chi connectivity index (χ3v) is 7.80. The van der Waals surface area contributed by atoms with E-state index < -0.39 is 34.8 Å². The van der Waals surface area contributed by atoms with Gasteiger partial charge in [-0.2, -0.15) is 0 Å². The van der Waals surface area contributed by atoms with Gasteiger partial charge in [0.1, 0.15) is 21.4 Å². The second-order valence-corrected chi connectivity index (χ2v) is 11.3. The van der Waals surface area contributed by atoms with E-state index in [0.717, 1.165) is 25.0 Å². The summed E-state index contributed by atoms with van der Waals surface area (Å²) in [5, 5.41) is 9.95. The summed E-state index contributed by atoms with van der Waals surface area (Å²) in [5.41, 5.74) is -2.23. The van der Waals surface area contributed by atoms with Gasteiger partial charge in [0.05, 0.1) is 24.6 Å². The highest BCUT2D eigenvalue weighted by molar-refractivity contribution is 14.1. The maximum absolute atomic E-state index is 13.8. The molecule has 37 heavy (non-hydrogen) atoms. The van der Waals surface area contributed by atoms with E-state index >= 15 is 0 Å². The first-order chi connectivity index (χ1) is 16.8. The Morgan fingerprint density at radius 2 is 1.76 bits per heavy atom. The molecule has 0 bridgehead atoms. The highest BCUT2D eigenvalue weighted by atomic mass is 127. The molecule has 0 amide bonds. The number of thiophene rings is 1. The molecule has 202 valence electrons. The summed E-state index contributed by atoms with van der Waals surface area (Å²) >= 11 is 3.18. The van der Waals surface area contributed by atoms with Crippen LogP contribution < -0.4 is 11.2 Å². The molecule has 1 N–H and O–H groups in total. The fourth-order valence-corrected chi connectivity index (χ4v) is 5.44. The van der Waals surface area contributed by atoms with Crippen molar-refractivity contribution in [2.24, 2.45) is 0 Å². The van der Waals surface area contributed by atoms with Crippen LogP contribution in [-0.2, 0) is 26.4 Å². The standard InChI is InChI=1S/C25H29IN2O7S.CH4/c1-7-34-22(30)19-14(4)18-20(29)28(25(5,6)23(31)32)24(33)27(21(18)36-19)12-17(35-13(2)3)15-8-10-16(26)11-9-15;/h8-11,13,17H,7,12H2,1-6H3,(H,31,32);1H4/t17-;/m1./s1. The van der Waals surface area contributed by atoms with Gasteiger partial charge in [-0.3, -0.25) is 9.36 Å². The molecule has 0 aliphatic carbocycles. The number of hydrogen-bond acceptors (Lipinski definition) is 7. The Labute approximate surface area is 233 Å². The summed E-state index contributed by atoms with van der Waals surface area (Å²) in [6, 6.07) is 7.65. The molecule has 0 unspecified atom stereocenters. The number of carbonyl (C=O) groups excluding carboxylic acids is 1. The van der Waals surface area contributed by atoms with Gasteiger partial charge in [-0.15, -0.1) is 11.3 Å². The van der Waals surface area contributed by atoms with Crippen LogP contribution in [0.1, 0.15) is 68.9 Å². The molecule has 9 nitrogen and oxygen atoms in total. The number of aliphatic carboxylic acids is 1. The van der Waals surface area contributed by atoms with Crippen molar-refractivity contribution in [1.82, 2.24) is 9.13 Å². The van der Waals surface area contributed by atoms with Gasteiger partial charge in [0, 0.05) is 3.57 Å². The third-order valence-electron chi connectivity index (χ3n) is 5.78. The Morgan fingerprint density at radius 1 is 1.16 bits per heavy atom. The van der Waals surface area contributed by atoms with E-state index in [9.17, 15) is 24.3 Å². The van der Waals surface area contributed by atoms with Crippen molar-refractivity contribution in [3.63, 3.8) is 0 Å². The molecule has 2 aromatic heterocycles. The number of aromatic nitrogens is 2. The lowest BCUT2D eigenvalue weighted by Gasteiger charge is -2.26. The summed E-state index contributed by atoms with van der Waals surface area (Å²) in [4.78, 5) is 52.5. The van der Waals surface area contributed by atoms with Crippen molar-refractivity contribution in [2.45, 2.75) is 73.3 Å². The molecular formula is C26H33IN2O7S. The fourth-order valence-electron chi connectivity index (χ4n) is 3.89. The Morgan fingerprint density at radius 3 is 2.27 bits per heavy atom. The second-order valence-electron chi connectivity index (χ2n) is 9.08. The van der Waals surface area contributed by atoms with Gasteiger partial charge in [0.15, 0.2) is 0 Å². The molecule has 0 spiro atoms. The van der Waals surface area contributed by atoms with Crippen molar-refractivity contribution in [3.8, 4) is 0 Å². The van der Waals surface area contributed by atoms with E-state index in [-0.39, 0.29) is 41.8 Å². The van der Waals surface area contributed by atoms with Gasteiger partial charge in [-0.1, -0.05) is 19.6 Å². The molecule has 0 radical (unpaired) electrons. The number of aryl methyl sites for hydroxylation is 1. The molecule has 0 saturated heterocycles. The van der Waals surface area contributed by atoms with E-state index in [4.69, 9.17) is 9.47 Å². The lowest BCUT2D eigenvalue weighted by Crippen LogP contribution is -2.52. The van der Waals surface area contributed by atoms with Gasteiger partial charge in [-0.25, -0.2) is 19.0 Å². The number of rotatable bonds is 9. The van der Waals surface area contributed by atoms with Crippen LogP contribution in [0, 0.1) is 10.5 Å². The molecule has 0 aliphatic heterocycles. The van der Waals surface area contributed by atoms with E-state index in [1.165, 1.54) is 18.4 Å². The first-order valence-electron chi connectivity index (χ1n) is 11.4. The van der Waals surface area contributed by atoms with E-state index in [1.807, 2.05) is 38.1 Å². The Bertz CT molecular complexity index is 1420. The van der Waals surface area contributed by atoms with Gasteiger partial charge in [-0.05, 0) is 87.4 Å². The molecule has 0 aliphatic rings. The van der Waals surface area contributed by atoms with Crippen molar-refractivity contribution >= 4 is 56.1 Å². The number of carboxylic acid groups (broad SMARTS) is 1. The molecular weight excluding hydrogens is 611 g/mol. The SMILES string of the molecule is C.CCOC(=O)c1sc2c(c1C)c(=O)n(C(C)(C)C(=O)O)c(=O)n2C[C@@H](OC(C)C)c1ccc(I)cc1. The summed E-state index contributed by atoms with van der Waals surface area (Å²) < 4.78 is 14.4. The maximum atomic E-state index is 13.8. The predicted molar refractivity (Wildman–Crippen MR) is 153 cm³/mol. The zero-order valence-corrected chi connectivity index (χ0v) is 23.9. The number of esters is 1. The average molecular weight is 645 g/mol. The minimum Gasteiger partial charge on any atom is -0.480 e.